The molecule has 2 heterocycles. The van der Waals surface area contributed by atoms with E-state index in [0.29, 0.717) is 17.1 Å². The molecule has 0 spiro atoms. The zero-order valence-corrected chi connectivity index (χ0v) is 10.9. The molecule has 2 rings (SSSR count). The Labute approximate surface area is 106 Å². The van der Waals surface area contributed by atoms with Gasteiger partial charge in [0, 0.05) is 4.47 Å². The van der Waals surface area contributed by atoms with Crippen LogP contribution in [0.1, 0.15) is 21.8 Å². The van der Waals surface area contributed by atoms with Crippen molar-refractivity contribution in [2.75, 3.05) is 5.32 Å². The van der Waals surface area contributed by atoms with Crippen LogP contribution in [0.15, 0.2) is 27.3 Å². The highest BCUT2D eigenvalue weighted by Gasteiger charge is 2.13. The highest BCUT2D eigenvalue weighted by Crippen LogP contribution is 2.17. The largest absolute Gasteiger partial charge is 0.361 e. The summed E-state index contributed by atoms with van der Waals surface area (Å²) in [7, 11) is 0. The summed E-state index contributed by atoms with van der Waals surface area (Å²) in [4.78, 5) is 16.1. The van der Waals surface area contributed by atoms with Crippen LogP contribution in [0.2, 0.25) is 0 Å². The lowest BCUT2D eigenvalue weighted by molar-refractivity contribution is 0.102. The molecule has 0 saturated heterocycles. The maximum atomic E-state index is 11.8. The van der Waals surface area contributed by atoms with E-state index in [1.54, 1.807) is 13.0 Å². The zero-order chi connectivity index (χ0) is 12.4. The fraction of sp³-hybridized carbons (Fsp3) is 0.182. The number of nitrogens with zero attached hydrogens (tertiary/aromatic N) is 2. The van der Waals surface area contributed by atoms with E-state index < -0.39 is 0 Å². The topological polar surface area (TPSA) is 68.0 Å². The lowest BCUT2D eigenvalue weighted by Crippen LogP contribution is -2.13. The number of hydrogen-bond acceptors (Lipinski definition) is 4. The summed E-state index contributed by atoms with van der Waals surface area (Å²) in [6.07, 6.45) is 1.39. The molecule has 0 unspecified atom stereocenters. The van der Waals surface area contributed by atoms with Crippen molar-refractivity contribution >= 4 is 27.7 Å². The Morgan fingerprint density at radius 3 is 2.76 bits per heavy atom. The first-order valence-electron chi connectivity index (χ1n) is 4.93. The standard InChI is InChI=1S/C11H10BrN3O2/c1-6-9(12)3-4-10(14-6)15-11(16)8-5-13-17-7(8)2/h3-5H,1-2H3,(H,14,15,16). The Balaban J connectivity index is 2.19. The van der Waals surface area contributed by atoms with Gasteiger partial charge in [0.05, 0.1) is 11.9 Å². The van der Waals surface area contributed by atoms with Gasteiger partial charge in [0.1, 0.15) is 17.1 Å². The van der Waals surface area contributed by atoms with Crippen LogP contribution in [-0.4, -0.2) is 16.0 Å². The smallest absolute Gasteiger partial charge is 0.262 e. The first kappa shape index (κ1) is 11.8. The number of carbonyl (C=O) groups is 1. The minimum absolute atomic E-state index is 0.280. The third-order valence-electron chi connectivity index (χ3n) is 2.26. The third-order valence-corrected chi connectivity index (χ3v) is 3.10. The van der Waals surface area contributed by atoms with Gasteiger partial charge in [-0.2, -0.15) is 0 Å². The fourth-order valence-electron chi connectivity index (χ4n) is 1.31. The summed E-state index contributed by atoms with van der Waals surface area (Å²) in [6.45, 7) is 3.53. The Kier molecular flexibility index (Phi) is 3.23. The number of pyridine rings is 1. The van der Waals surface area contributed by atoms with Gasteiger partial charge in [-0.25, -0.2) is 4.98 Å². The molecule has 0 bridgehead atoms. The van der Waals surface area contributed by atoms with Crippen molar-refractivity contribution in [3.05, 3.63) is 39.8 Å². The second-order valence-electron chi connectivity index (χ2n) is 3.51. The SMILES string of the molecule is Cc1nc(NC(=O)c2cnoc2C)ccc1Br. The van der Waals surface area contributed by atoms with Crippen molar-refractivity contribution in [3.8, 4) is 0 Å². The van der Waals surface area contributed by atoms with Gasteiger partial charge in [-0.05, 0) is 41.9 Å². The van der Waals surface area contributed by atoms with Gasteiger partial charge in [0.25, 0.3) is 5.91 Å². The molecule has 0 aromatic carbocycles. The van der Waals surface area contributed by atoms with Gasteiger partial charge in [0.15, 0.2) is 0 Å². The highest BCUT2D eigenvalue weighted by molar-refractivity contribution is 9.10. The summed E-state index contributed by atoms with van der Waals surface area (Å²) in [6, 6.07) is 3.55. The van der Waals surface area contributed by atoms with Crippen LogP contribution in [-0.2, 0) is 0 Å². The molecule has 5 nitrogen and oxygen atoms in total. The molecule has 0 aliphatic rings. The average molecular weight is 296 g/mol. The second-order valence-corrected chi connectivity index (χ2v) is 4.37. The summed E-state index contributed by atoms with van der Waals surface area (Å²) in [5.41, 5.74) is 1.22. The van der Waals surface area contributed by atoms with E-state index in [4.69, 9.17) is 4.52 Å². The number of aryl methyl sites for hydroxylation is 2. The molecule has 0 aliphatic heterocycles. The first-order chi connectivity index (χ1) is 8.08. The Morgan fingerprint density at radius 2 is 2.18 bits per heavy atom. The molecular formula is C11H10BrN3O2. The number of halogens is 1. The fourth-order valence-corrected chi connectivity index (χ4v) is 1.53. The minimum atomic E-state index is -0.280. The molecule has 0 fully saturated rings. The Bertz CT molecular complexity index is 566. The number of amides is 1. The van der Waals surface area contributed by atoms with E-state index in [-0.39, 0.29) is 5.91 Å². The van der Waals surface area contributed by atoms with E-state index >= 15 is 0 Å². The van der Waals surface area contributed by atoms with Crippen LogP contribution in [0.25, 0.3) is 0 Å². The van der Waals surface area contributed by atoms with E-state index in [2.05, 4.69) is 31.4 Å². The lowest BCUT2D eigenvalue weighted by atomic mass is 10.2. The summed E-state index contributed by atoms with van der Waals surface area (Å²) < 4.78 is 5.73. The molecule has 2 aromatic rings. The molecule has 17 heavy (non-hydrogen) atoms. The monoisotopic (exact) mass is 295 g/mol. The summed E-state index contributed by atoms with van der Waals surface area (Å²) in [5.74, 6) is 0.700. The molecule has 88 valence electrons. The molecule has 0 aliphatic carbocycles. The van der Waals surface area contributed by atoms with Crippen LogP contribution < -0.4 is 5.32 Å². The lowest BCUT2D eigenvalue weighted by Gasteiger charge is -2.04. The summed E-state index contributed by atoms with van der Waals surface area (Å²) >= 11 is 3.35. The Morgan fingerprint density at radius 1 is 1.41 bits per heavy atom. The van der Waals surface area contributed by atoms with E-state index in [1.807, 2.05) is 13.0 Å². The van der Waals surface area contributed by atoms with Gasteiger partial charge in [0.2, 0.25) is 0 Å². The van der Waals surface area contributed by atoms with E-state index in [1.165, 1.54) is 6.20 Å². The number of anilines is 1. The quantitative estimate of drug-likeness (QED) is 0.925. The summed E-state index contributed by atoms with van der Waals surface area (Å²) in [5, 5.41) is 6.23. The highest BCUT2D eigenvalue weighted by atomic mass is 79.9. The van der Waals surface area contributed by atoms with E-state index in [9.17, 15) is 4.79 Å². The molecule has 1 amide bonds. The predicted molar refractivity (Wildman–Crippen MR) is 65.9 cm³/mol. The van der Waals surface area contributed by atoms with Crippen LogP contribution in [0.4, 0.5) is 5.82 Å². The van der Waals surface area contributed by atoms with Crippen molar-refractivity contribution in [1.82, 2.24) is 10.1 Å². The number of rotatable bonds is 2. The first-order valence-corrected chi connectivity index (χ1v) is 5.73. The number of hydrogen-bond donors (Lipinski definition) is 1. The average Bonchev–Trinajstić information content (AvgIpc) is 2.70. The van der Waals surface area contributed by atoms with Crippen LogP contribution >= 0.6 is 15.9 Å². The third kappa shape index (κ3) is 2.52. The Hall–Kier alpha value is -1.69. The van der Waals surface area contributed by atoms with Crippen molar-refractivity contribution in [2.45, 2.75) is 13.8 Å². The van der Waals surface area contributed by atoms with Gasteiger partial charge in [-0.3, -0.25) is 4.79 Å². The number of carbonyl (C=O) groups excluding carboxylic acids is 1. The van der Waals surface area contributed by atoms with Crippen LogP contribution in [0, 0.1) is 13.8 Å². The maximum Gasteiger partial charge on any atom is 0.262 e. The van der Waals surface area contributed by atoms with Crippen molar-refractivity contribution in [1.29, 1.82) is 0 Å². The molecular weight excluding hydrogens is 286 g/mol. The molecule has 6 heteroatoms. The zero-order valence-electron chi connectivity index (χ0n) is 9.32. The number of aromatic nitrogens is 2. The maximum absolute atomic E-state index is 11.8. The van der Waals surface area contributed by atoms with Gasteiger partial charge >= 0.3 is 0 Å². The number of nitrogens with one attached hydrogen (secondary N) is 1. The van der Waals surface area contributed by atoms with Gasteiger partial charge in [-0.15, -0.1) is 0 Å². The van der Waals surface area contributed by atoms with Gasteiger partial charge in [-0.1, -0.05) is 5.16 Å². The normalized spacial score (nSPS) is 10.3. The van der Waals surface area contributed by atoms with Crippen molar-refractivity contribution in [3.63, 3.8) is 0 Å². The molecule has 2 aromatic heterocycles. The van der Waals surface area contributed by atoms with Crippen LogP contribution in [0.3, 0.4) is 0 Å². The van der Waals surface area contributed by atoms with Crippen molar-refractivity contribution in [2.24, 2.45) is 0 Å². The molecule has 1 N–H and O–H groups in total. The molecule has 0 radical (unpaired) electrons. The minimum Gasteiger partial charge on any atom is -0.361 e. The van der Waals surface area contributed by atoms with E-state index in [0.717, 1.165) is 10.2 Å². The van der Waals surface area contributed by atoms with Crippen LogP contribution in [0.5, 0.6) is 0 Å². The van der Waals surface area contributed by atoms with Crippen molar-refractivity contribution < 1.29 is 9.32 Å². The van der Waals surface area contributed by atoms with Gasteiger partial charge < -0.3 is 9.84 Å². The second kappa shape index (κ2) is 4.67. The molecule has 0 atom stereocenters. The molecule has 0 saturated carbocycles. The predicted octanol–water partition coefficient (Wildman–Crippen LogP) is 2.70.